The first-order chi connectivity index (χ1) is 9.04. The number of hydrogen-bond donors (Lipinski definition) is 1. The molecule has 0 aliphatic carbocycles. The zero-order valence-electron chi connectivity index (χ0n) is 10.7. The molecule has 6 heteroatoms. The van der Waals surface area contributed by atoms with Crippen molar-refractivity contribution in [3.05, 3.63) is 44.7 Å². The summed E-state index contributed by atoms with van der Waals surface area (Å²) in [6.45, 7) is 5.24. The van der Waals surface area contributed by atoms with Gasteiger partial charge in [0.2, 0.25) is 0 Å². The predicted octanol–water partition coefficient (Wildman–Crippen LogP) is 4.78. The number of aromatic nitrogens is 2. The zero-order chi connectivity index (χ0) is 14.0. The van der Waals surface area contributed by atoms with Crippen LogP contribution in [0.3, 0.4) is 0 Å². The Bertz CT molecular complexity index is 593. The Morgan fingerprint density at radius 3 is 2.63 bits per heavy atom. The second-order valence-electron chi connectivity index (χ2n) is 4.12. The third kappa shape index (κ3) is 2.99. The molecule has 1 aromatic heterocycles. The molecule has 0 atom stereocenters. The molecule has 102 valence electrons. The molecule has 19 heavy (non-hydrogen) atoms. The van der Waals surface area contributed by atoms with E-state index in [-0.39, 0.29) is 0 Å². The number of rotatable bonds is 4. The van der Waals surface area contributed by atoms with E-state index < -0.39 is 0 Å². The van der Waals surface area contributed by atoms with E-state index in [2.05, 4.69) is 10.4 Å². The van der Waals surface area contributed by atoms with E-state index in [0.717, 1.165) is 23.6 Å². The highest BCUT2D eigenvalue weighted by Gasteiger charge is 2.13. The highest BCUT2D eigenvalue weighted by atomic mass is 35.5. The molecular formula is C13H14Cl3N3. The third-order valence-corrected chi connectivity index (χ3v) is 4.16. The van der Waals surface area contributed by atoms with Crippen molar-refractivity contribution >= 4 is 40.5 Å². The van der Waals surface area contributed by atoms with Crippen molar-refractivity contribution in [3.8, 4) is 0 Å². The standard InChI is InChI=1S/C13H14Cl3N3/c1-3-19-11(12(15)8(2)18-19)7-17-10-6-4-5-9(14)13(10)16/h4-6,17H,3,7H2,1-2H3. The molecule has 1 N–H and O–H groups in total. The number of aryl methyl sites for hydroxylation is 2. The van der Waals surface area contributed by atoms with Crippen LogP contribution in [0.25, 0.3) is 0 Å². The maximum Gasteiger partial charge on any atom is 0.0865 e. The van der Waals surface area contributed by atoms with Crippen LogP contribution in [0, 0.1) is 6.92 Å². The predicted molar refractivity (Wildman–Crippen MR) is 81.4 cm³/mol. The molecule has 0 unspecified atom stereocenters. The Morgan fingerprint density at radius 1 is 1.21 bits per heavy atom. The van der Waals surface area contributed by atoms with Crippen LogP contribution in [0.4, 0.5) is 5.69 Å². The van der Waals surface area contributed by atoms with Gasteiger partial charge in [0, 0.05) is 6.54 Å². The summed E-state index contributed by atoms with van der Waals surface area (Å²) in [5.74, 6) is 0. The van der Waals surface area contributed by atoms with Crippen molar-refractivity contribution in [1.29, 1.82) is 0 Å². The summed E-state index contributed by atoms with van der Waals surface area (Å²) >= 11 is 18.3. The van der Waals surface area contributed by atoms with Gasteiger partial charge in [0.1, 0.15) is 0 Å². The minimum absolute atomic E-state index is 0.513. The van der Waals surface area contributed by atoms with Crippen LogP contribution in [0.15, 0.2) is 18.2 Å². The first-order valence-electron chi connectivity index (χ1n) is 5.94. The van der Waals surface area contributed by atoms with E-state index in [1.54, 1.807) is 6.07 Å². The van der Waals surface area contributed by atoms with Gasteiger partial charge in [0.25, 0.3) is 0 Å². The monoisotopic (exact) mass is 317 g/mol. The first kappa shape index (κ1) is 14.5. The first-order valence-corrected chi connectivity index (χ1v) is 7.07. The van der Waals surface area contributed by atoms with Crippen molar-refractivity contribution in [2.45, 2.75) is 26.9 Å². The lowest BCUT2D eigenvalue weighted by molar-refractivity contribution is 0.623. The van der Waals surface area contributed by atoms with E-state index in [1.165, 1.54) is 0 Å². The number of nitrogens with zero attached hydrogens (tertiary/aromatic N) is 2. The lowest BCUT2D eigenvalue weighted by Gasteiger charge is -2.10. The quantitative estimate of drug-likeness (QED) is 0.879. The van der Waals surface area contributed by atoms with Crippen LogP contribution < -0.4 is 5.32 Å². The van der Waals surface area contributed by atoms with Gasteiger partial charge in [-0.15, -0.1) is 0 Å². The average molecular weight is 319 g/mol. The number of anilines is 1. The number of nitrogens with one attached hydrogen (secondary N) is 1. The molecule has 0 aliphatic heterocycles. The van der Waals surface area contributed by atoms with Crippen LogP contribution in [0.1, 0.15) is 18.3 Å². The minimum atomic E-state index is 0.513. The Kier molecular flexibility index (Phi) is 4.61. The summed E-state index contributed by atoms with van der Waals surface area (Å²) in [5.41, 5.74) is 2.56. The van der Waals surface area contributed by atoms with E-state index >= 15 is 0 Å². The zero-order valence-corrected chi connectivity index (χ0v) is 12.9. The normalized spacial score (nSPS) is 10.8. The van der Waals surface area contributed by atoms with Gasteiger partial charge in [-0.25, -0.2) is 0 Å². The minimum Gasteiger partial charge on any atom is -0.378 e. The van der Waals surface area contributed by atoms with Gasteiger partial charge >= 0.3 is 0 Å². The molecule has 0 aliphatic rings. The molecule has 0 spiro atoms. The highest BCUT2D eigenvalue weighted by Crippen LogP contribution is 2.30. The van der Waals surface area contributed by atoms with Gasteiger partial charge in [0.15, 0.2) is 0 Å². The Morgan fingerprint density at radius 2 is 1.95 bits per heavy atom. The van der Waals surface area contributed by atoms with Crippen LogP contribution in [0.2, 0.25) is 15.1 Å². The van der Waals surface area contributed by atoms with E-state index in [1.807, 2.05) is 30.7 Å². The third-order valence-electron chi connectivity index (χ3n) is 2.85. The SMILES string of the molecule is CCn1nc(C)c(Cl)c1CNc1cccc(Cl)c1Cl. The molecule has 0 fully saturated rings. The summed E-state index contributed by atoms with van der Waals surface area (Å²) in [4.78, 5) is 0. The van der Waals surface area contributed by atoms with E-state index in [9.17, 15) is 0 Å². The molecule has 0 saturated carbocycles. The van der Waals surface area contributed by atoms with Crippen molar-refractivity contribution in [2.75, 3.05) is 5.32 Å². The Balaban J connectivity index is 2.21. The molecular weight excluding hydrogens is 305 g/mol. The Hall–Kier alpha value is -0.900. The summed E-state index contributed by atoms with van der Waals surface area (Å²) in [6.07, 6.45) is 0. The maximum absolute atomic E-state index is 6.25. The largest absolute Gasteiger partial charge is 0.378 e. The number of halogens is 3. The fourth-order valence-corrected chi connectivity index (χ4v) is 2.43. The van der Waals surface area contributed by atoms with E-state index in [4.69, 9.17) is 34.8 Å². The highest BCUT2D eigenvalue weighted by molar-refractivity contribution is 6.43. The number of hydrogen-bond acceptors (Lipinski definition) is 2. The van der Waals surface area contributed by atoms with Crippen LogP contribution in [-0.2, 0) is 13.1 Å². The van der Waals surface area contributed by atoms with E-state index in [0.29, 0.717) is 21.6 Å². The average Bonchev–Trinajstić information content (AvgIpc) is 2.67. The molecule has 0 radical (unpaired) electrons. The smallest absolute Gasteiger partial charge is 0.0865 e. The summed E-state index contributed by atoms with van der Waals surface area (Å²) in [6, 6.07) is 5.48. The van der Waals surface area contributed by atoms with Gasteiger partial charge in [-0.05, 0) is 26.0 Å². The molecule has 0 saturated heterocycles. The van der Waals surface area contributed by atoms with Crippen molar-refractivity contribution in [3.63, 3.8) is 0 Å². The fourth-order valence-electron chi connectivity index (χ4n) is 1.86. The second-order valence-corrected chi connectivity index (χ2v) is 5.28. The molecule has 2 rings (SSSR count). The van der Waals surface area contributed by atoms with Gasteiger partial charge in [-0.1, -0.05) is 40.9 Å². The second kappa shape index (κ2) is 6.04. The van der Waals surface area contributed by atoms with Crippen LogP contribution in [0.5, 0.6) is 0 Å². The molecule has 0 amide bonds. The van der Waals surface area contributed by atoms with Gasteiger partial charge in [0.05, 0.1) is 38.7 Å². The molecule has 0 bridgehead atoms. The summed E-state index contributed by atoms with van der Waals surface area (Å²) in [7, 11) is 0. The van der Waals surface area contributed by atoms with Crippen LogP contribution >= 0.6 is 34.8 Å². The van der Waals surface area contributed by atoms with Gasteiger partial charge in [-0.2, -0.15) is 5.10 Å². The lowest BCUT2D eigenvalue weighted by atomic mass is 10.3. The molecule has 3 nitrogen and oxygen atoms in total. The number of benzene rings is 1. The van der Waals surface area contributed by atoms with Gasteiger partial charge < -0.3 is 5.32 Å². The Labute approximate surface area is 127 Å². The van der Waals surface area contributed by atoms with Crippen molar-refractivity contribution in [1.82, 2.24) is 9.78 Å². The lowest BCUT2D eigenvalue weighted by Crippen LogP contribution is -2.08. The maximum atomic E-state index is 6.25. The summed E-state index contributed by atoms with van der Waals surface area (Å²) in [5, 5.41) is 9.33. The molecule has 1 heterocycles. The topological polar surface area (TPSA) is 29.9 Å². The van der Waals surface area contributed by atoms with Crippen molar-refractivity contribution in [2.24, 2.45) is 0 Å². The van der Waals surface area contributed by atoms with Crippen LogP contribution in [-0.4, -0.2) is 9.78 Å². The summed E-state index contributed by atoms with van der Waals surface area (Å²) < 4.78 is 1.88. The van der Waals surface area contributed by atoms with Crippen molar-refractivity contribution < 1.29 is 0 Å². The fraction of sp³-hybridized carbons (Fsp3) is 0.308. The molecule has 2 aromatic rings. The molecule has 1 aromatic carbocycles. The van der Waals surface area contributed by atoms with Gasteiger partial charge in [-0.3, -0.25) is 4.68 Å².